The number of carbonyl (C=O) groups is 1. The van der Waals surface area contributed by atoms with Gasteiger partial charge in [-0.05, 0) is 51.1 Å². The number of hydrogen-bond donors (Lipinski definition) is 3. The van der Waals surface area contributed by atoms with Gasteiger partial charge in [0.15, 0.2) is 5.65 Å². The van der Waals surface area contributed by atoms with Crippen molar-refractivity contribution in [3.8, 4) is 11.9 Å². The number of rotatable bonds is 12. The number of likely N-dealkylation sites (tertiary alicyclic amines) is 1. The Labute approximate surface area is 181 Å². The fraction of sp³-hybridized carbons (Fsp3) is 0.714. The van der Waals surface area contributed by atoms with Crippen molar-refractivity contribution >= 4 is 17.1 Å². The Kier molecular flexibility index (Phi) is 8.27. The van der Waals surface area contributed by atoms with Crippen LogP contribution in [-0.2, 0) is 11.3 Å². The van der Waals surface area contributed by atoms with Gasteiger partial charge in [-0.25, -0.2) is 4.79 Å². The number of aromatic hydroxyl groups is 1. The van der Waals surface area contributed by atoms with Gasteiger partial charge in [-0.1, -0.05) is 19.8 Å². The highest BCUT2D eigenvalue weighted by molar-refractivity contribution is 5.76. The number of carboxylic acids is 1. The summed E-state index contributed by atoms with van der Waals surface area (Å²) in [7, 11) is 0. The third-order valence-electron chi connectivity index (χ3n) is 5.73. The van der Waals surface area contributed by atoms with Gasteiger partial charge in [0.25, 0.3) is 0 Å². The molecule has 3 heterocycles. The first-order valence-electron chi connectivity index (χ1n) is 11.2. The Morgan fingerprint density at radius 1 is 1.23 bits per heavy atom. The van der Waals surface area contributed by atoms with E-state index in [4.69, 9.17) is 9.84 Å². The molecule has 2 aromatic heterocycles. The quantitative estimate of drug-likeness (QED) is 0.433. The monoisotopic (exact) mass is 435 g/mol. The van der Waals surface area contributed by atoms with Crippen molar-refractivity contribution in [3.63, 3.8) is 0 Å². The maximum atomic E-state index is 12.3. The number of H-pyrrole nitrogens is 1. The topological polar surface area (TPSA) is 134 Å². The SMILES string of the molecule is CCCCOc1nc(O)c2[nH]c(=O)n(CCCCCN3CCCC(CC(=O)O)C3)c2n1. The lowest BCUT2D eigenvalue weighted by atomic mass is 9.95. The number of carboxylic acid groups (broad SMARTS) is 1. The molecule has 0 spiro atoms. The molecule has 0 radical (unpaired) electrons. The zero-order valence-electron chi connectivity index (χ0n) is 18.2. The standard InChI is InChI=1S/C21H33N5O5/c1-2-3-12-31-20-23-18-17(19(29)24-20)22-21(30)26(18)11-6-4-5-9-25-10-7-8-15(14-25)13-16(27)28/h15H,2-14H2,1H3,(H,22,30)(H,27,28)(H,23,24,29). The lowest BCUT2D eigenvalue weighted by Gasteiger charge is -2.32. The highest BCUT2D eigenvalue weighted by atomic mass is 16.5. The Hall–Kier alpha value is -2.62. The largest absolute Gasteiger partial charge is 0.492 e. The van der Waals surface area contributed by atoms with Crippen LogP contribution >= 0.6 is 0 Å². The van der Waals surface area contributed by atoms with Crippen LogP contribution in [0, 0.1) is 5.92 Å². The first kappa shape index (κ1) is 23.1. The summed E-state index contributed by atoms with van der Waals surface area (Å²) in [6, 6.07) is 0.0761. The highest BCUT2D eigenvalue weighted by Crippen LogP contribution is 2.22. The molecule has 1 saturated heterocycles. The first-order valence-corrected chi connectivity index (χ1v) is 11.2. The molecular weight excluding hydrogens is 402 g/mol. The number of imidazole rings is 1. The maximum Gasteiger partial charge on any atom is 0.327 e. The molecule has 3 rings (SSSR count). The van der Waals surface area contributed by atoms with E-state index < -0.39 is 5.97 Å². The van der Waals surface area contributed by atoms with Crippen LogP contribution in [0.25, 0.3) is 11.2 Å². The second kappa shape index (κ2) is 11.1. The molecule has 3 N–H and O–H groups in total. The molecule has 1 aliphatic heterocycles. The molecule has 0 saturated carbocycles. The van der Waals surface area contributed by atoms with E-state index in [0.29, 0.717) is 18.8 Å². The molecule has 1 fully saturated rings. The molecule has 31 heavy (non-hydrogen) atoms. The van der Waals surface area contributed by atoms with Gasteiger partial charge >= 0.3 is 17.7 Å². The zero-order chi connectivity index (χ0) is 22.2. The third-order valence-corrected chi connectivity index (χ3v) is 5.73. The molecule has 10 heteroatoms. The fourth-order valence-corrected chi connectivity index (χ4v) is 4.13. The number of fused-ring (bicyclic) bond motifs is 1. The predicted molar refractivity (Wildman–Crippen MR) is 115 cm³/mol. The number of piperidine rings is 1. The predicted octanol–water partition coefficient (Wildman–Crippen LogP) is 2.36. The number of aromatic nitrogens is 4. The first-order chi connectivity index (χ1) is 15.0. The van der Waals surface area contributed by atoms with Gasteiger partial charge in [0.05, 0.1) is 6.61 Å². The van der Waals surface area contributed by atoms with E-state index in [-0.39, 0.29) is 35.4 Å². The molecule has 172 valence electrons. The average molecular weight is 436 g/mol. The number of nitrogens with one attached hydrogen (secondary N) is 1. The summed E-state index contributed by atoms with van der Waals surface area (Å²) in [6.45, 7) is 5.82. The van der Waals surface area contributed by atoms with E-state index in [1.54, 1.807) is 0 Å². The lowest BCUT2D eigenvalue weighted by Crippen LogP contribution is -2.36. The highest BCUT2D eigenvalue weighted by Gasteiger charge is 2.21. The van der Waals surface area contributed by atoms with Crippen LogP contribution < -0.4 is 10.4 Å². The van der Waals surface area contributed by atoms with Gasteiger partial charge in [-0.15, -0.1) is 0 Å². The van der Waals surface area contributed by atoms with Gasteiger partial charge in [-0.2, -0.15) is 9.97 Å². The third kappa shape index (κ3) is 6.43. The van der Waals surface area contributed by atoms with Crippen LogP contribution in [0.5, 0.6) is 11.9 Å². The van der Waals surface area contributed by atoms with Crippen molar-refractivity contribution in [3.05, 3.63) is 10.5 Å². The van der Waals surface area contributed by atoms with Crippen molar-refractivity contribution in [2.75, 3.05) is 26.2 Å². The molecule has 1 unspecified atom stereocenters. The van der Waals surface area contributed by atoms with Crippen molar-refractivity contribution in [2.45, 2.75) is 64.8 Å². The molecule has 0 aliphatic carbocycles. The van der Waals surface area contributed by atoms with E-state index in [1.807, 2.05) is 6.92 Å². The average Bonchev–Trinajstić information content (AvgIpc) is 3.04. The number of aryl methyl sites for hydroxylation is 1. The van der Waals surface area contributed by atoms with Crippen molar-refractivity contribution in [1.82, 2.24) is 24.4 Å². The molecule has 1 atom stereocenters. The van der Waals surface area contributed by atoms with E-state index in [9.17, 15) is 14.7 Å². The summed E-state index contributed by atoms with van der Waals surface area (Å²) in [4.78, 5) is 36.5. The second-order valence-corrected chi connectivity index (χ2v) is 8.28. The summed E-state index contributed by atoms with van der Waals surface area (Å²) in [5.74, 6) is -0.754. The Morgan fingerprint density at radius 2 is 2.03 bits per heavy atom. The normalized spacial score (nSPS) is 17.3. The minimum atomic E-state index is -0.718. The molecule has 10 nitrogen and oxygen atoms in total. The fourth-order valence-electron chi connectivity index (χ4n) is 4.13. The molecule has 0 bridgehead atoms. The molecular formula is C21H33N5O5. The molecule has 1 aliphatic rings. The van der Waals surface area contributed by atoms with Crippen LogP contribution in [-0.4, -0.2) is 66.8 Å². The summed E-state index contributed by atoms with van der Waals surface area (Å²) in [5, 5.41) is 19.1. The van der Waals surface area contributed by atoms with Crippen LogP contribution in [0.15, 0.2) is 4.79 Å². The van der Waals surface area contributed by atoms with Crippen LogP contribution in [0.1, 0.15) is 58.3 Å². The lowest BCUT2D eigenvalue weighted by molar-refractivity contribution is -0.138. The van der Waals surface area contributed by atoms with E-state index in [0.717, 1.165) is 64.6 Å². The summed E-state index contributed by atoms with van der Waals surface area (Å²) >= 11 is 0. The van der Waals surface area contributed by atoms with Gasteiger partial charge in [0.2, 0.25) is 5.88 Å². The number of unbranched alkanes of at least 4 members (excludes halogenated alkanes) is 3. The van der Waals surface area contributed by atoms with Gasteiger partial charge in [-0.3, -0.25) is 14.3 Å². The Balaban J connectivity index is 1.51. The molecule has 0 amide bonds. The number of hydrogen-bond acceptors (Lipinski definition) is 7. The van der Waals surface area contributed by atoms with Gasteiger partial charge < -0.3 is 19.8 Å². The second-order valence-electron chi connectivity index (χ2n) is 8.28. The number of ether oxygens (including phenoxy) is 1. The maximum absolute atomic E-state index is 12.3. The van der Waals surface area contributed by atoms with Crippen LogP contribution in [0.4, 0.5) is 0 Å². The van der Waals surface area contributed by atoms with Gasteiger partial charge in [0, 0.05) is 19.5 Å². The summed E-state index contributed by atoms with van der Waals surface area (Å²) in [5.41, 5.74) is 0.264. The van der Waals surface area contributed by atoms with E-state index in [2.05, 4.69) is 19.9 Å². The van der Waals surface area contributed by atoms with E-state index >= 15 is 0 Å². The number of nitrogens with zero attached hydrogens (tertiary/aromatic N) is 4. The van der Waals surface area contributed by atoms with Crippen molar-refractivity contribution < 1.29 is 19.7 Å². The Bertz CT molecular complexity index is 925. The number of aliphatic carboxylic acids is 1. The van der Waals surface area contributed by atoms with Crippen molar-refractivity contribution in [1.29, 1.82) is 0 Å². The van der Waals surface area contributed by atoms with E-state index in [1.165, 1.54) is 4.57 Å². The van der Waals surface area contributed by atoms with Gasteiger partial charge in [0.1, 0.15) is 5.52 Å². The minimum absolute atomic E-state index is 0.0761. The summed E-state index contributed by atoms with van der Waals surface area (Å²) < 4.78 is 7.01. The minimum Gasteiger partial charge on any atom is -0.492 e. The van der Waals surface area contributed by atoms with Crippen molar-refractivity contribution in [2.24, 2.45) is 5.92 Å². The number of aromatic amines is 1. The van der Waals surface area contributed by atoms with Crippen LogP contribution in [0.2, 0.25) is 0 Å². The Morgan fingerprint density at radius 3 is 2.81 bits per heavy atom. The van der Waals surface area contributed by atoms with Crippen LogP contribution in [0.3, 0.4) is 0 Å². The molecule has 0 aromatic carbocycles. The zero-order valence-corrected chi connectivity index (χ0v) is 18.2. The smallest absolute Gasteiger partial charge is 0.327 e. The summed E-state index contributed by atoms with van der Waals surface area (Å²) in [6.07, 6.45) is 6.85. The molecule has 2 aromatic rings.